The number of carbonyl (C=O) groups is 2. The van der Waals surface area contributed by atoms with Crippen LogP contribution in [0.15, 0.2) is 36.5 Å². The Morgan fingerprint density at radius 2 is 2.10 bits per heavy atom. The Hall–Kier alpha value is -2.69. The van der Waals surface area contributed by atoms with Crippen LogP contribution in [-0.2, 0) is 0 Å². The third-order valence-corrected chi connectivity index (χ3v) is 3.24. The van der Waals surface area contributed by atoms with Gasteiger partial charge in [0.25, 0.3) is 5.91 Å². The van der Waals surface area contributed by atoms with Crippen molar-refractivity contribution in [1.29, 1.82) is 0 Å². The molecule has 0 spiro atoms. The molecule has 5 heteroatoms. The fourth-order valence-corrected chi connectivity index (χ4v) is 2.12. The van der Waals surface area contributed by atoms with E-state index in [0.717, 1.165) is 0 Å². The van der Waals surface area contributed by atoms with Crippen LogP contribution in [0.3, 0.4) is 0 Å². The molecule has 1 amide bonds. The van der Waals surface area contributed by atoms with Crippen LogP contribution in [0.2, 0.25) is 0 Å². The van der Waals surface area contributed by atoms with Gasteiger partial charge in [-0.2, -0.15) is 0 Å². The van der Waals surface area contributed by atoms with E-state index in [1.54, 1.807) is 43.6 Å². The number of rotatable bonds is 1. The minimum atomic E-state index is -0.227. The molecule has 0 saturated carbocycles. The van der Waals surface area contributed by atoms with Crippen LogP contribution in [0, 0.1) is 0 Å². The summed E-state index contributed by atoms with van der Waals surface area (Å²) in [5, 5.41) is 0. The Morgan fingerprint density at radius 3 is 2.85 bits per heavy atom. The number of aromatic nitrogens is 1. The first kappa shape index (κ1) is 12.3. The number of hydrogen-bond acceptors (Lipinski definition) is 4. The number of Topliss-reactive ketones (excluding diaryl/α,β-unsaturated/α-hetero) is 1. The normalized spacial score (nSPS) is 13.1. The van der Waals surface area contributed by atoms with E-state index in [2.05, 4.69) is 4.98 Å². The SMILES string of the molecule is CC(=O)c1ccc2c(c1)C(=O)N(C)c1cccnc1O2. The molecule has 0 aliphatic carbocycles. The Labute approximate surface area is 115 Å². The number of ether oxygens (including phenoxy) is 1. The molecular weight excluding hydrogens is 256 g/mol. The summed E-state index contributed by atoms with van der Waals surface area (Å²) in [6.45, 7) is 1.46. The van der Waals surface area contributed by atoms with Crippen molar-refractivity contribution in [3.05, 3.63) is 47.7 Å². The van der Waals surface area contributed by atoms with Crippen LogP contribution in [0.25, 0.3) is 0 Å². The van der Waals surface area contributed by atoms with Gasteiger partial charge in [-0.05, 0) is 37.3 Å². The van der Waals surface area contributed by atoms with Gasteiger partial charge in [0, 0.05) is 18.8 Å². The summed E-state index contributed by atoms with van der Waals surface area (Å²) in [4.78, 5) is 29.5. The van der Waals surface area contributed by atoms with Gasteiger partial charge in [-0.15, -0.1) is 0 Å². The molecule has 100 valence electrons. The second-order valence-electron chi connectivity index (χ2n) is 4.56. The summed E-state index contributed by atoms with van der Waals surface area (Å²) in [6, 6.07) is 8.33. The molecule has 1 aliphatic heterocycles. The molecule has 20 heavy (non-hydrogen) atoms. The third-order valence-electron chi connectivity index (χ3n) is 3.24. The number of fused-ring (bicyclic) bond motifs is 2. The molecule has 2 heterocycles. The third kappa shape index (κ3) is 1.84. The Balaban J connectivity index is 2.19. The molecular formula is C15H12N2O3. The van der Waals surface area contributed by atoms with Gasteiger partial charge in [0.05, 0.1) is 5.56 Å². The van der Waals surface area contributed by atoms with Crippen molar-refractivity contribution >= 4 is 17.4 Å². The van der Waals surface area contributed by atoms with Crippen LogP contribution in [0.5, 0.6) is 11.6 Å². The van der Waals surface area contributed by atoms with Gasteiger partial charge in [0.15, 0.2) is 5.78 Å². The van der Waals surface area contributed by atoms with Crippen molar-refractivity contribution in [2.45, 2.75) is 6.92 Å². The summed E-state index contributed by atoms with van der Waals surface area (Å²) in [6.07, 6.45) is 1.60. The topological polar surface area (TPSA) is 59.5 Å². The molecule has 0 atom stereocenters. The van der Waals surface area contributed by atoms with Gasteiger partial charge in [-0.1, -0.05) is 0 Å². The maximum Gasteiger partial charge on any atom is 0.261 e. The number of amides is 1. The van der Waals surface area contributed by atoms with E-state index >= 15 is 0 Å². The van der Waals surface area contributed by atoms with Crippen molar-refractivity contribution in [3.63, 3.8) is 0 Å². The summed E-state index contributed by atoms with van der Waals surface area (Å²) in [5.74, 6) is 0.458. The molecule has 0 bridgehead atoms. The molecule has 5 nitrogen and oxygen atoms in total. The van der Waals surface area contributed by atoms with Crippen LogP contribution in [0.4, 0.5) is 5.69 Å². The zero-order chi connectivity index (χ0) is 14.3. The van der Waals surface area contributed by atoms with Gasteiger partial charge in [-0.25, -0.2) is 4.98 Å². The van der Waals surface area contributed by atoms with E-state index in [1.807, 2.05) is 0 Å². The molecule has 3 rings (SSSR count). The van der Waals surface area contributed by atoms with Crippen LogP contribution < -0.4 is 9.64 Å². The van der Waals surface area contributed by atoms with E-state index in [1.165, 1.54) is 11.8 Å². The van der Waals surface area contributed by atoms with Crippen molar-refractivity contribution < 1.29 is 14.3 Å². The fourth-order valence-electron chi connectivity index (χ4n) is 2.12. The van der Waals surface area contributed by atoms with Crippen molar-refractivity contribution in [3.8, 4) is 11.6 Å². The largest absolute Gasteiger partial charge is 0.436 e. The Kier molecular flexibility index (Phi) is 2.75. The Morgan fingerprint density at radius 1 is 1.30 bits per heavy atom. The molecule has 0 saturated heterocycles. The summed E-state index contributed by atoms with van der Waals surface area (Å²) < 4.78 is 5.69. The molecule has 0 unspecified atom stereocenters. The van der Waals surface area contributed by atoms with Crippen molar-refractivity contribution in [1.82, 2.24) is 4.98 Å². The van der Waals surface area contributed by atoms with Gasteiger partial charge in [0.2, 0.25) is 5.88 Å². The number of anilines is 1. The molecule has 1 aromatic carbocycles. The maximum atomic E-state index is 12.5. The lowest BCUT2D eigenvalue weighted by molar-refractivity contribution is 0.0993. The second-order valence-corrected chi connectivity index (χ2v) is 4.56. The molecule has 2 aromatic rings. The molecule has 0 fully saturated rings. The standard InChI is InChI=1S/C15H12N2O3/c1-9(18)10-5-6-13-11(8-10)15(19)17(2)12-4-3-7-16-14(12)20-13/h3-8H,1-2H3. The highest BCUT2D eigenvalue weighted by molar-refractivity contribution is 6.10. The first-order chi connectivity index (χ1) is 9.58. The number of benzene rings is 1. The second kappa shape index (κ2) is 4.45. The van der Waals surface area contributed by atoms with Gasteiger partial charge < -0.3 is 9.64 Å². The summed E-state index contributed by atoms with van der Waals surface area (Å²) >= 11 is 0. The molecule has 0 N–H and O–H groups in total. The maximum absolute atomic E-state index is 12.5. The average molecular weight is 268 g/mol. The van der Waals surface area contributed by atoms with E-state index < -0.39 is 0 Å². The minimum absolute atomic E-state index is 0.0943. The number of carbonyl (C=O) groups excluding carboxylic acids is 2. The fraction of sp³-hybridized carbons (Fsp3) is 0.133. The highest BCUT2D eigenvalue weighted by Crippen LogP contribution is 2.36. The number of nitrogens with zero attached hydrogens (tertiary/aromatic N) is 2. The van der Waals surface area contributed by atoms with E-state index in [0.29, 0.717) is 28.4 Å². The predicted molar refractivity (Wildman–Crippen MR) is 73.5 cm³/mol. The lowest BCUT2D eigenvalue weighted by Crippen LogP contribution is -2.25. The Bertz CT molecular complexity index is 725. The predicted octanol–water partition coefficient (Wildman–Crippen LogP) is 2.67. The molecule has 1 aliphatic rings. The highest BCUT2D eigenvalue weighted by atomic mass is 16.5. The van der Waals surface area contributed by atoms with E-state index in [9.17, 15) is 9.59 Å². The van der Waals surface area contributed by atoms with E-state index in [4.69, 9.17) is 4.74 Å². The first-order valence-corrected chi connectivity index (χ1v) is 6.14. The lowest BCUT2D eigenvalue weighted by Gasteiger charge is -2.15. The summed E-state index contributed by atoms with van der Waals surface area (Å²) in [5.41, 5.74) is 1.43. The van der Waals surface area contributed by atoms with Gasteiger partial charge >= 0.3 is 0 Å². The quantitative estimate of drug-likeness (QED) is 0.746. The van der Waals surface area contributed by atoms with Crippen molar-refractivity contribution in [2.75, 3.05) is 11.9 Å². The van der Waals surface area contributed by atoms with Crippen LogP contribution in [-0.4, -0.2) is 23.7 Å². The smallest absolute Gasteiger partial charge is 0.261 e. The molecule has 1 aromatic heterocycles. The van der Waals surface area contributed by atoms with Crippen molar-refractivity contribution in [2.24, 2.45) is 0 Å². The van der Waals surface area contributed by atoms with Gasteiger partial charge in [0.1, 0.15) is 11.4 Å². The number of hydrogen-bond donors (Lipinski definition) is 0. The number of ketones is 1. The zero-order valence-electron chi connectivity index (χ0n) is 11.1. The first-order valence-electron chi connectivity index (χ1n) is 6.14. The van der Waals surface area contributed by atoms with E-state index in [-0.39, 0.29) is 11.7 Å². The summed E-state index contributed by atoms with van der Waals surface area (Å²) in [7, 11) is 1.65. The highest BCUT2D eigenvalue weighted by Gasteiger charge is 2.26. The molecule has 0 radical (unpaired) electrons. The monoisotopic (exact) mass is 268 g/mol. The zero-order valence-corrected chi connectivity index (χ0v) is 11.1. The van der Waals surface area contributed by atoms with Crippen LogP contribution in [0.1, 0.15) is 27.6 Å². The van der Waals surface area contributed by atoms with Gasteiger partial charge in [-0.3, -0.25) is 9.59 Å². The minimum Gasteiger partial charge on any atom is -0.436 e. The van der Waals surface area contributed by atoms with Crippen LogP contribution >= 0.6 is 0 Å². The lowest BCUT2D eigenvalue weighted by atomic mass is 10.1. The average Bonchev–Trinajstić information content (AvgIpc) is 2.55. The number of pyridine rings is 1.